The average Bonchev–Trinajstić information content (AvgIpc) is 2.94. The quantitative estimate of drug-likeness (QED) is 0.440. The van der Waals surface area contributed by atoms with Gasteiger partial charge < -0.3 is 9.84 Å². The molecule has 0 amide bonds. The van der Waals surface area contributed by atoms with Crippen LogP contribution >= 0.6 is 0 Å². The Bertz CT molecular complexity index is 575. The van der Waals surface area contributed by atoms with Crippen LogP contribution < -0.4 is 0 Å². The number of ether oxygens (including phenoxy) is 1. The Labute approximate surface area is 161 Å². The maximum Gasteiger partial charge on any atom is 0.305 e. The molecule has 0 saturated heterocycles. The zero-order chi connectivity index (χ0) is 19.5. The van der Waals surface area contributed by atoms with Crippen molar-refractivity contribution in [2.24, 2.45) is 11.8 Å². The monoisotopic (exact) mass is 378 g/mol. The molecule has 1 N–H and O–H groups in total. The van der Waals surface area contributed by atoms with Crippen molar-refractivity contribution in [1.82, 2.24) is 0 Å². The van der Waals surface area contributed by atoms with Crippen molar-refractivity contribution in [3.05, 3.63) is 35.9 Å². The number of hydrogen-bond acceptors (Lipinski definition) is 4. The fourth-order valence-electron chi connectivity index (χ4n) is 3.94. The molecule has 4 nitrogen and oxygen atoms in total. The van der Waals surface area contributed by atoms with Crippen molar-refractivity contribution in [2.45, 2.75) is 64.0 Å². The van der Waals surface area contributed by atoms with Crippen LogP contribution in [0.1, 0.15) is 56.9 Å². The van der Waals surface area contributed by atoms with Crippen molar-refractivity contribution in [3.63, 3.8) is 0 Å². The minimum Gasteiger partial charge on any atom is -0.463 e. The number of aryl methyl sites for hydroxylation is 1. The fraction of sp³-hybridized carbons (Fsp3) is 0.636. The van der Waals surface area contributed by atoms with Crippen molar-refractivity contribution >= 4 is 11.8 Å². The molecule has 1 aromatic rings. The van der Waals surface area contributed by atoms with Crippen LogP contribution in [0.15, 0.2) is 30.3 Å². The number of rotatable bonds is 12. The van der Waals surface area contributed by atoms with Gasteiger partial charge in [0.2, 0.25) is 0 Å². The second-order valence-corrected chi connectivity index (χ2v) is 7.38. The average molecular weight is 378 g/mol. The third-order valence-electron chi connectivity index (χ3n) is 5.40. The molecule has 1 fully saturated rings. The van der Waals surface area contributed by atoms with Crippen LogP contribution in [0.3, 0.4) is 0 Å². The molecule has 0 heterocycles. The van der Waals surface area contributed by atoms with Gasteiger partial charge in [0.15, 0.2) is 0 Å². The molecule has 5 heteroatoms. The Kier molecular flexibility index (Phi) is 9.46. The Morgan fingerprint density at radius 1 is 1.11 bits per heavy atom. The first kappa shape index (κ1) is 21.5. The van der Waals surface area contributed by atoms with Gasteiger partial charge in [0.25, 0.3) is 0 Å². The van der Waals surface area contributed by atoms with E-state index in [0.29, 0.717) is 6.42 Å². The standard InChI is InChI=1S/C22H31FO4/c23-20-16-21(25)19(13-12-17-8-4-3-5-9-17)18(20)10-6-1-2-7-11-22(26)27-15-14-24/h3-5,8-9,18-20,24H,1-2,6-7,10-16H2/t18-,19-,20?/m1/s1. The highest BCUT2D eigenvalue weighted by atomic mass is 19.1. The van der Waals surface area contributed by atoms with E-state index in [4.69, 9.17) is 9.84 Å². The molecule has 1 saturated carbocycles. The highest BCUT2D eigenvalue weighted by Crippen LogP contribution is 2.38. The van der Waals surface area contributed by atoms with E-state index in [2.05, 4.69) is 0 Å². The lowest BCUT2D eigenvalue weighted by atomic mass is 9.85. The summed E-state index contributed by atoms with van der Waals surface area (Å²) in [6.07, 6.45) is 5.13. The van der Waals surface area contributed by atoms with Gasteiger partial charge in [0, 0.05) is 24.7 Å². The summed E-state index contributed by atoms with van der Waals surface area (Å²) in [7, 11) is 0. The molecule has 1 aliphatic carbocycles. The van der Waals surface area contributed by atoms with Crippen molar-refractivity contribution in [3.8, 4) is 0 Å². The third-order valence-corrected chi connectivity index (χ3v) is 5.40. The van der Waals surface area contributed by atoms with Gasteiger partial charge in [-0.05, 0) is 31.2 Å². The number of hydrogen-bond donors (Lipinski definition) is 1. The molecule has 1 aliphatic rings. The summed E-state index contributed by atoms with van der Waals surface area (Å²) in [4.78, 5) is 23.5. The van der Waals surface area contributed by atoms with Crippen LogP contribution in [-0.4, -0.2) is 36.2 Å². The molecule has 3 atom stereocenters. The Balaban J connectivity index is 1.67. The number of alkyl halides is 1. The zero-order valence-electron chi connectivity index (χ0n) is 15.9. The van der Waals surface area contributed by atoms with Crippen LogP contribution in [0.5, 0.6) is 0 Å². The van der Waals surface area contributed by atoms with Crippen molar-refractivity contribution < 1.29 is 23.8 Å². The molecule has 2 rings (SSSR count). The van der Waals surface area contributed by atoms with Gasteiger partial charge in [-0.2, -0.15) is 0 Å². The normalized spacial score (nSPS) is 22.1. The zero-order valence-corrected chi connectivity index (χ0v) is 15.9. The number of Topliss-reactive ketones (excluding diaryl/α,β-unsaturated/α-hetero) is 1. The number of ketones is 1. The molecule has 0 bridgehead atoms. The lowest BCUT2D eigenvalue weighted by Crippen LogP contribution is -2.19. The Hall–Kier alpha value is -1.75. The van der Waals surface area contributed by atoms with E-state index < -0.39 is 6.17 Å². The molecule has 0 radical (unpaired) electrons. The minimum atomic E-state index is -1.01. The third kappa shape index (κ3) is 7.41. The lowest BCUT2D eigenvalue weighted by molar-refractivity contribution is -0.144. The summed E-state index contributed by atoms with van der Waals surface area (Å²) in [5, 5.41) is 8.59. The second-order valence-electron chi connectivity index (χ2n) is 7.38. The summed E-state index contributed by atoms with van der Waals surface area (Å²) in [5.74, 6) is -0.519. The van der Waals surface area contributed by atoms with Gasteiger partial charge in [-0.1, -0.05) is 49.6 Å². The topological polar surface area (TPSA) is 63.6 Å². The molecular formula is C22H31FO4. The lowest BCUT2D eigenvalue weighted by Gasteiger charge is -2.20. The van der Waals surface area contributed by atoms with Crippen LogP contribution in [0, 0.1) is 11.8 Å². The summed E-state index contributed by atoms with van der Waals surface area (Å²) < 4.78 is 19.1. The minimum absolute atomic E-state index is 0.0524. The van der Waals surface area contributed by atoms with Crippen molar-refractivity contribution in [1.29, 1.82) is 0 Å². The molecular weight excluding hydrogens is 347 g/mol. The molecule has 150 valence electrons. The maximum atomic E-state index is 14.3. The van der Waals surface area contributed by atoms with Crippen molar-refractivity contribution in [2.75, 3.05) is 13.2 Å². The highest BCUT2D eigenvalue weighted by Gasteiger charge is 2.41. The molecule has 0 spiro atoms. The SMILES string of the molecule is O=C(CCCCCC[C@H]1C(F)CC(=O)[C@@H]1CCc1ccccc1)OCCO. The number of carbonyl (C=O) groups excluding carboxylic acids is 2. The highest BCUT2D eigenvalue weighted by molar-refractivity contribution is 5.84. The summed E-state index contributed by atoms with van der Waals surface area (Å²) in [6.45, 7) is -0.0987. The van der Waals surface area contributed by atoms with Gasteiger partial charge >= 0.3 is 5.97 Å². The van der Waals surface area contributed by atoms with E-state index in [9.17, 15) is 14.0 Å². The number of unbranched alkanes of at least 4 members (excludes halogenated alkanes) is 3. The first-order valence-electron chi connectivity index (χ1n) is 10.1. The number of carbonyl (C=O) groups is 2. The molecule has 0 aliphatic heterocycles. The van der Waals surface area contributed by atoms with E-state index in [1.165, 1.54) is 5.56 Å². The van der Waals surface area contributed by atoms with Crippen LogP contribution in [0.2, 0.25) is 0 Å². The Morgan fingerprint density at radius 3 is 2.59 bits per heavy atom. The van der Waals surface area contributed by atoms with Gasteiger partial charge in [0.1, 0.15) is 18.6 Å². The van der Waals surface area contributed by atoms with Gasteiger partial charge in [-0.25, -0.2) is 4.39 Å². The maximum absolute atomic E-state index is 14.3. The number of aliphatic hydroxyl groups is 1. The molecule has 27 heavy (non-hydrogen) atoms. The number of benzene rings is 1. The molecule has 1 unspecified atom stereocenters. The van der Waals surface area contributed by atoms with E-state index in [-0.39, 0.29) is 43.2 Å². The number of esters is 1. The fourth-order valence-corrected chi connectivity index (χ4v) is 3.94. The largest absolute Gasteiger partial charge is 0.463 e. The van der Waals surface area contributed by atoms with E-state index in [0.717, 1.165) is 44.9 Å². The predicted molar refractivity (Wildman–Crippen MR) is 102 cm³/mol. The van der Waals surface area contributed by atoms with E-state index in [1.54, 1.807) is 0 Å². The number of halogens is 1. The summed E-state index contributed by atoms with van der Waals surface area (Å²) in [6, 6.07) is 10.0. The van der Waals surface area contributed by atoms with E-state index in [1.807, 2.05) is 30.3 Å². The summed E-state index contributed by atoms with van der Waals surface area (Å²) >= 11 is 0. The Morgan fingerprint density at radius 2 is 1.85 bits per heavy atom. The molecule has 0 aromatic heterocycles. The second kappa shape index (κ2) is 11.9. The van der Waals surface area contributed by atoms with Gasteiger partial charge in [-0.3, -0.25) is 9.59 Å². The predicted octanol–water partition coefficient (Wildman–Crippen LogP) is 4.04. The summed E-state index contributed by atoms with van der Waals surface area (Å²) in [5.41, 5.74) is 1.19. The van der Waals surface area contributed by atoms with Gasteiger partial charge in [0.05, 0.1) is 6.61 Å². The van der Waals surface area contributed by atoms with Crippen LogP contribution in [-0.2, 0) is 20.7 Å². The van der Waals surface area contributed by atoms with Crippen LogP contribution in [0.4, 0.5) is 4.39 Å². The first-order valence-corrected chi connectivity index (χ1v) is 10.1. The van der Waals surface area contributed by atoms with Gasteiger partial charge in [-0.15, -0.1) is 0 Å². The number of aliphatic hydroxyl groups excluding tert-OH is 1. The van der Waals surface area contributed by atoms with E-state index >= 15 is 0 Å². The molecule has 1 aromatic carbocycles. The van der Waals surface area contributed by atoms with Crippen LogP contribution in [0.25, 0.3) is 0 Å². The first-order chi connectivity index (χ1) is 13.1. The smallest absolute Gasteiger partial charge is 0.305 e.